The number of aryl methyl sites for hydroxylation is 1. The first-order valence-electron chi connectivity index (χ1n) is 5.50. The van der Waals surface area contributed by atoms with E-state index in [9.17, 15) is 13.6 Å². The number of hydrogen-bond acceptors (Lipinski definition) is 1. The molecule has 2 nitrogen and oxygen atoms in total. The lowest BCUT2D eigenvalue weighted by atomic mass is 10.1. The molecule has 0 aliphatic heterocycles. The van der Waals surface area contributed by atoms with E-state index in [1.54, 1.807) is 13.0 Å². The number of rotatable bonds is 2. The van der Waals surface area contributed by atoms with Gasteiger partial charge in [0.2, 0.25) is 0 Å². The van der Waals surface area contributed by atoms with E-state index in [2.05, 4.69) is 5.32 Å². The third-order valence-electron chi connectivity index (χ3n) is 2.54. The Morgan fingerprint density at radius 1 is 1.11 bits per heavy atom. The van der Waals surface area contributed by atoms with E-state index in [0.29, 0.717) is 5.69 Å². The van der Waals surface area contributed by atoms with Crippen molar-refractivity contribution < 1.29 is 13.6 Å². The van der Waals surface area contributed by atoms with Crippen molar-refractivity contribution in [3.05, 3.63) is 64.2 Å². The van der Waals surface area contributed by atoms with Gasteiger partial charge in [-0.1, -0.05) is 23.2 Å². The molecule has 0 radical (unpaired) electrons. The number of carbonyl (C=O) groups excluding carboxylic acids is 1. The molecule has 0 aromatic heterocycles. The molecule has 98 valence electrons. The average molecular weight is 282 g/mol. The molecule has 19 heavy (non-hydrogen) atoms. The van der Waals surface area contributed by atoms with Crippen LogP contribution in [0.3, 0.4) is 0 Å². The monoisotopic (exact) mass is 281 g/mol. The Bertz CT molecular complexity index is 643. The van der Waals surface area contributed by atoms with Gasteiger partial charge in [0.25, 0.3) is 5.91 Å². The second-order valence-corrected chi connectivity index (χ2v) is 4.47. The summed E-state index contributed by atoms with van der Waals surface area (Å²) in [5.41, 5.74) is 1.00. The molecule has 2 aromatic carbocycles. The molecule has 2 aromatic rings. The van der Waals surface area contributed by atoms with Crippen LogP contribution in [0.5, 0.6) is 0 Å². The van der Waals surface area contributed by atoms with Crippen molar-refractivity contribution >= 4 is 23.2 Å². The van der Waals surface area contributed by atoms with E-state index >= 15 is 0 Å². The Balaban J connectivity index is 2.25. The van der Waals surface area contributed by atoms with Crippen LogP contribution in [-0.4, -0.2) is 5.91 Å². The predicted octanol–water partition coefficient (Wildman–Crippen LogP) is 4.18. The van der Waals surface area contributed by atoms with Crippen molar-refractivity contribution in [2.75, 3.05) is 5.32 Å². The Labute approximate surface area is 114 Å². The minimum Gasteiger partial charge on any atom is -0.322 e. The second kappa shape index (κ2) is 5.36. The Hall–Kier alpha value is -1.94. The van der Waals surface area contributed by atoms with Crippen molar-refractivity contribution in [3.8, 4) is 0 Å². The number of benzene rings is 2. The Morgan fingerprint density at radius 3 is 2.47 bits per heavy atom. The van der Waals surface area contributed by atoms with Crippen LogP contribution >= 0.6 is 11.6 Å². The molecule has 0 unspecified atom stereocenters. The molecule has 5 heteroatoms. The summed E-state index contributed by atoms with van der Waals surface area (Å²) < 4.78 is 26.5. The van der Waals surface area contributed by atoms with Gasteiger partial charge >= 0.3 is 0 Å². The van der Waals surface area contributed by atoms with Gasteiger partial charge in [-0.3, -0.25) is 4.79 Å². The number of nitrogens with one attached hydrogen (secondary N) is 1. The lowest BCUT2D eigenvalue weighted by Crippen LogP contribution is -2.14. The number of hydrogen-bond donors (Lipinski definition) is 1. The molecule has 0 heterocycles. The maximum absolute atomic E-state index is 13.5. The minimum absolute atomic E-state index is 0.0690. The number of carbonyl (C=O) groups is 1. The van der Waals surface area contributed by atoms with Crippen molar-refractivity contribution in [3.63, 3.8) is 0 Å². The lowest BCUT2D eigenvalue weighted by Gasteiger charge is -2.07. The normalized spacial score (nSPS) is 10.3. The molecule has 0 spiro atoms. The fourth-order valence-corrected chi connectivity index (χ4v) is 1.77. The van der Waals surface area contributed by atoms with Gasteiger partial charge in [0.1, 0.15) is 11.6 Å². The summed E-state index contributed by atoms with van der Waals surface area (Å²) in [4.78, 5) is 11.9. The summed E-state index contributed by atoms with van der Waals surface area (Å²) in [5.74, 6) is -1.80. The first kappa shape index (κ1) is 13.5. The van der Waals surface area contributed by atoms with E-state index in [0.717, 1.165) is 11.6 Å². The van der Waals surface area contributed by atoms with Crippen LogP contribution in [0.1, 0.15) is 15.9 Å². The zero-order valence-corrected chi connectivity index (χ0v) is 10.8. The number of anilines is 1. The molecule has 1 N–H and O–H groups in total. The molecule has 0 aliphatic rings. The van der Waals surface area contributed by atoms with Crippen LogP contribution in [0.4, 0.5) is 14.5 Å². The van der Waals surface area contributed by atoms with E-state index in [1.807, 2.05) is 0 Å². The Morgan fingerprint density at radius 2 is 1.79 bits per heavy atom. The molecular weight excluding hydrogens is 272 g/mol. The highest BCUT2D eigenvalue weighted by Crippen LogP contribution is 2.20. The minimum atomic E-state index is -0.615. The third kappa shape index (κ3) is 3.09. The summed E-state index contributed by atoms with van der Waals surface area (Å²) in [6.45, 7) is 1.75. The first-order chi connectivity index (χ1) is 8.97. The molecule has 0 saturated heterocycles. The molecule has 0 saturated carbocycles. The van der Waals surface area contributed by atoms with Gasteiger partial charge in [0.05, 0.1) is 10.6 Å². The Kier molecular flexibility index (Phi) is 3.81. The van der Waals surface area contributed by atoms with Gasteiger partial charge in [-0.2, -0.15) is 0 Å². The van der Waals surface area contributed by atoms with Crippen molar-refractivity contribution in [1.29, 1.82) is 0 Å². The summed E-state index contributed by atoms with van der Waals surface area (Å²) in [6.07, 6.45) is 0. The predicted molar refractivity (Wildman–Crippen MR) is 70.5 cm³/mol. The van der Waals surface area contributed by atoms with Crippen LogP contribution in [0.15, 0.2) is 36.4 Å². The lowest BCUT2D eigenvalue weighted by molar-refractivity contribution is 0.102. The maximum atomic E-state index is 13.5. The molecule has 0 aliphatic carbocycles. The van der Waals surface area contributed by atoms with Crippen LogP contribution in [-0.2, 0) is 0 Å². The first-order valence-corrected chi connectivity index (χ1v) is 5.88. The fraction of sp³-hybridized carbons (Fsp3) is 0.0714. The van der Waals surface area contributed by atoms with Gasteiger partial charge in [0, 0.05) is 5.69 Å². The van der Waals surface area contributed by atoms with Crippen molar-refractivity contribution in [2.45, 2.75) is 6.92 Å². The van der Waals surface area contributed by atoms with Crippen LogP contribution in [0.2, 0.25) is 5.02 Å². The van der Waals surface area contributed by atoms with E-state index in [-0.39, 0.29) is 10.6 Å². The largest absolute Gasteiger partial charge is 0.322 e. The standard InChI is InChI=1S/C14H10ClF2NO/c1-8-2-4-12(16)10(6-8)14(19)18-9-3-5-13(17)11(15)7-9/h2-7H,1H3,(H,18,19). The third-order valence-corrected chi connectivity index (χ3v) is 2.83. The van der Waals surface area contributed by atoms with Gasteiger partial charge in [-0.05, 0) is 37.3 Å². The van der Waals surface area contributed by atoms with Gasteiger partial charge in [-0.25, -0.2) is 8.78 Å². The van der Waals surface area contributed by atoms with Gasteiger partial charge in [0.15, 0.2) is 0 Å². The SMILES string of the molecule is Cc1ccc(F)c(C(=O)Nc2ccc(F)c(Cl)c2)c1. The fourth-order valence-electron chi connectivity index (χ4n) is 1.59. The van der Waals surface area contributed by atoms with Crippen LogP contribution < -0.4 is 5.32 Å². The molecule has 2 rings (SSSR count). The second-order valence-electron chi connectivity index (χ2n) is 4.07. The molecule has 1 amide bonds. The summed E-state index contributed by atoms with van der Waals surface area (Å²) in [5, 5.41) is 2.36. The summed E-state index contributed by atoms with van der Waals surface area (Å²) >= 11 is 5.60. The van der Waals surface area contributed by atoms with Crippen LogP contribution in [0, 0.1) is 18.6 Å². The highest BCUT2D eigenvalue weighted by Gasteiger charge is 2.12. The van der Waals surface area contributed by atoms with Crippen LogP contribution in [0.25, 0.3) is 0 Å². The summed E-state index contributed by atoms with van der Waals surface area (Å²) in [6, 6.07) is 7.98. The zero-order valence-electron chi connectivity index (χ0n) is 10.0. The van der Waals surface area contributed by atoms with Gasteiger partial charge < -0.3 is 5.32 Å². The van der Waals surface area contributed by atoms with Gasteiger partial charge in [-0.15, -0.1) is 0 Å². The number of halogens is 3. The van der Waals surface area contributed by atoms with Crippen molar-refractivity contribution in [2.24, 2.45) is 0 Å². The highest BCUT2D eigenvalue weighted by molar-refractivity contribution is 6.31. The highest BCUT2D eigenvalue weighted by atomic mass is 35.5. The molecule has 0 atom stereocenters. The topological polar surface area (TPSA) is 29.1 Å². The smallest absolute Gasteiger partial charge is 0.258 e. The molecule has 0 fully saturated rings. The molecular formula is C14H10ClF2NO. The number of amides is 1. The van der Waals surface area contributed by atoms with E-state index in [1.165, 1.54) is 24.3 Å². The maximum Gasteiger partial charge on any atom is 0.258 e. The average Bonchev–Trinajstić information content (AvgIpc) is 2.36. The zero-order chi connectivity index (χ0) is 14.0. The van der Waals surface area contributed by atoms with E-state index < -0.39 is 17.5 Å². The quantitative estimate of drug-likeness (QED) is 0.879. The van der Waals surface area contributed by atoms with E-state index in [4.69, 9.17) is 11.6 Å². The summed E-state index contributed by atoms with van der Waals surface area (Å²) in [7, 11) is 0. The molecule has 0 bridgehead atoms. The van der Waals surface area contributed by atoms with Crippen molar-refractivity contribution in [1.82, 2.24) is 0 Å².